The minimum atomic E-state index is -1.72. The monoisotopic (exact) mass is 342 g/mol. The minimum Gasteiger partial charge on any atom is -0.455 e. The third kappa shape index (κ3) is 5.45. The van der Waals surface area contributed by atoms with Crippen LogP contribution in [0.1, 0.15) is 22.3 Å². The molecule has 3 heteroatoms. The fraction of sp³-hybridized carbons (Fsp3) is 0.400. The van der Waals surface area contributed by atoms with Gasteiger partial charge in [-0.05, 0) is 74.4 Å². The predicted molar refractivity (Wildman–Crippen MR) is 106 cm³/mol. The summed E-state index contributed by atoms with van der Waals surface area (Å²) in [5, 5.41) is 0. The molecule has 2 aromatic carbocycles. The first-order chi connectivity index (χ1) is 10.7. The van der Waals surface area contributed by atoms with Crippen LogP contribution in [0.25, 0.3) is 0 Å². The van der Waals surface area contributed by atoms with E-state index in [-0.39, 0.29) is 0 Å². The molecule has 0 atom stereocenters. The van der Waals surface area contributed by atoms with Crippen molar-refractivity contribution in [1.82, 2.24) is 0 Å². The molecule has 0 amide bonds. The highest BCUT2D eigenvalue weighted by atomic mass is 28.4. The van der Waals surface area contributed by atoms with E-state index in [1.54, 1.807) is 0 Å². The fourth-order valence-corrected chi connectivity index (χ4v) is 12.5. The molecule has 0 N–H and O–H groups in total. The van der Waals surface area contributed by atoms with Crippen LogP contribution in [-0.4, -0.2) is 16.6 Å². The van der Waals surface area contributed by atoms with Gasteiger partial charge in [-0.25, -0.2) is 0 Å². The highest BCUT2D eigenvalue weighted by molar-refractivity contribution is 6.84. The third-order valence-electron chi connectivity index (χ3n) is 4.31. The molecule has 0 saturated carbocycles. The Morgan fingerprint density at radius 2 is 1.00 bits per heavy atom. The van der Waals surface area contributed by atoms with Crippen molar-refractivity contribution in [2.24, 2.45) is 0 Å². The summed E-state index contributed by atoms with van der Waals surface area (Å²) in [6, 6.07) is 19.6. The summed E-state index contributed by atoms with van der Waals surface area (Å²) >= 11 is 0. The van der Waals surface area contributed by atoms with E-state index in [1.807, 2.05) is 0 Å². The van der Waals surface area contributed by atoms with Crippen molar-refractivity contribution in [1.29, 1.82) is 0 Å². The molecule has 0 saturated heterocycles. The van der Waals surface area contributed by atoms with Crippen LogP contribution >= 0.6 is 0 Å². The molecule has 2 rings (SSSR count). The Labute approximate surface area is 144 Å². The highest BCUT2D eigenvalue weighted by Crippen LogP contribution is 2.24. The van der Waals surface area contributed by atoms with Gasteiger partial charge in [0.25, 0.3) is 0 Å². The number of aryl methyl sites for hydroxylation is 2. The molecule has 0 aromatic heterocycles. The van der Waals surface area contributed by atoms with Crippen LogP contribution in [0, 0.1) is 13.8 Å². The zero-order valence-corrected chi connectivity index (χ0v) is 17.4. The lowest BCUT2D eigenvalue weighted by atomic mass is 10.1. The van der Waals surface area contributed by atoms with Crippen molar-refractivity contribution < 1.29 is 4.12 Å². The average molecular weight is 343 g/mol. The summed E-state index contributed by atoms with van der Waals surface area (Å²) in [6.07, 6.45) is 0. The van der Waals surface area contributed by atoms with Gasteiger partial charge in [-0.15, -0.1) is 0 Å². The number of hydrogen-bond donors (Lipinski definition) is 0. The largest absolute Gasteiger partial charge is 0.455 e. The van der Waals surface area contributed by atoms with Crippen molar-refractivity contribution in [3.05, 3.63) is 70.8 Å². The van der Waals surface area contributed by atoms with E-state index >= 15 is 0 Å². The second kappa shape index (κ2) is 7.16. The standard InChI is InChI=1S/C20H30OSi2/c1-17-11-7-9-13-19(17)15-22(3,4)21-23(5,6)16-20-14-10-8-12-18(20)2/h7-14H,15-16H2,1-6H3. The van der Waals surface area contributed by atoms with Gasteiger partial charge in [0.1, 0.15) is 0 Å². The Kier molecular flexibility index (Phi) is 5.66. The van der Waals surface area contributed by atoms with Crippen LogP contribution in [-0.2, 0) is 16.2 Å². The molecular weight excluding hydrogens is 312 g/mol. The zero-order chi connectivity index (χ0) is 17.1. The molecule has 0 radical (unpaired) electrons. The van der Waals surface area contributed by atoms with Gasteiger partial charge in [0, 0.05) is 0 Å². The van der Waals surface area contributed by atoms with E-state index in [1.165, 1.54) is 22.3 Å². The van der Waals surface area contributed by atoms with Crippen LogP contribution in [0.15, 0.2) is 48.5 Å². The molecule has 0 aliphatic rings. The molecule has 0 bridgehead atoms. The van der Waals surface area contributed by atoms with Gasteiger partial charge in [-0.3, -0.25) is 0 Å². The average Bonchev–Trinajstić information content (AvgIpc) is 2.42. The molecule has 0 heterocycles. The van der Waals surface area contributed by atoms with Gasteiger partial charge < -0.3 is 4.12 Å². The van der Waals surface area contributed by atoms with Crippen molar-refractivity contribution in [3.63, 3.8) is 0 Å². The summed E-state index contributed by atoms with van der Waals surface area (Å²) in [5.41, 5.74) is 5.67. The summed E-state index contributed by atoms with van der Waals surface area (Å²) in [6.45, 7) is 13.9. The summed E-state index contributed by atoms with van der Waals surface area (Å²) in [4.78, 5) is 0. The van der Waals surface area contributed by atoms with Gasteiger partial charge in [-0.2, -0.15) is 0 Å². The Morgan fingerprint density at radius 3 is 1.35 bits per heavy atom. The Balaban J connectivity index is 2.09. The van der Waals surface area contributed by atoms with Gasteiger partial charge in [0.05, 0.1) is 0 Å². The van der Waals surface area contributed by atoms with Gasteiger partial charge in [-0.1, -0.05) is 48.5 Å². The van der Waals surface area contributed by atoms with E-state index in [4.69, 9.17) is 4.12 Å². The summed E-state index contributed by atoms with van der Waals surface area (Å²) in [5.74, 6) is 0. The normalized spacial score (nSPS) is 12.4. The quantitative estimate of drug-likeness (QED) is 0.621. The van der Waals surface area contributed by atoms with Crippen LogP contribution in [0.5, 0.6) is 0 Å². The van der Waals surface area contributed by atoms with Crippen molar-refractivity contribution in [2.75, 3.05) is 0 Å². The van der Waals surface area contributed by atoms with E-state index in [2.05, 4.69) is 88.6 Å². The van der Waals surface area contributed by atoms with E-state index in [0.29, 0.717) is 0 Å². The minimum absolute atomic E-state index is 1.10. The first-order valence-corrected chi connectivity index (χ1v) is 14.7. The summed E-state index contributed by atoms with van der Waals surface area (Å²) in [7, 11) is -3.44. The van der Waals surface area contributed by atoms with Crippen LogP contribution < -0.4 is 0 Å². The molecule has 23 heavy (non-hydrogen) atoms. The summed E-state index contributed by atoms with van der Waals surface area (Å²) < 4.78 is 6.82. The van der Waals surface area contributed by atoms with Crippen LogP contribution in [0.2, 0.25) is 26.2 Å². The Morgan fingerprint density at radius 1 is 0.652 bits per heavy atom. The first kappa shape index (κ1) is 18.2. The van der Waals surface area contributed by atoms with Gasteiger partial charge in [0.15, 0.2) is 16.6 Å². The lowest BCUT2D eigenvalue weighted by molar-refractivity contribution is 0.537. The van der Waals surface area contributed by atoms with Crippen molar-refractivity contribution in [3.8, 4) is 0 Å². The van der Waals surface area contributed by atoms with E-state index < -0.39 is 16.6 Å². The fourth-order valence-electron chi connectivity index (χ4n) is 3.35. The zero-order valence-electron chi connectivity index (χ0n) is 15.4. The first-order valence-electron chi connectivity index (χ1n) is 8.48. The molecule has 0 spiro atoms. The van der Waals surface area contributed by atoms with Gasteiger partial charge in [0.2, 0.25) is 0 Å². The molecule has 0 aliphatic heterocycles. The second-order valence-corrected chi connectivity index (χ2v) is 16.4. The third-order valence-corrected chi connectivity index (χ3v) is 11.2. The lowest BCUT2D eigenvalue weighted by Crippen LogP contribution is -2.47. The maximum absolute atomic E-state index is 6.82. The topological polar surface area (TPSA) is 9.23 Å². The second-order valence-electron chi connectivity index (χ2n) is 7.83. The Bertz CT molecular complexity index is 605. The molecule has 0 fully saturated rings. The molecule has 0 unspecified atom stereocenters. The molecular formula is C20H30OSi2. The van der Waals surface area contributed by atoms with Crippen molar-refractivity contribution in [2.45, 2.75) is 52.1 Å². The van der Waals surface area contributed by atoms with Crippen LogP contribution in [0.4, 0.5) is 0 Å². The SMILES string of the molecule is Cc1ccccc1C[Si](C)(C)O[Si](C)(C)Cc1ccccc1C. The predicted octanol–water partition coefficient (Wildman–Crippen LogP) is 5.59. The van der Waals surface area contributed by atoms with Crippen LogP contribution in [0.3, 0.4) is 0 Å². The van der Waals surface area contributed by atoms with E-state index in [9.17, 15) is 0 Å². The number of hydrogen-bond acceptors (Lipinski definition) is 1. The molecule has 1 nitrogen and oxygen atoms in total. The van der Waals surface area contributed by atoms with Gasteiger partial charge >= 0.3 is 0 Å². The number of rotatable bonds is 6. The van der Waals surface area contributed by atoms with E-state index in [0.717, 1.165) is 12.1 Å². The number of benzene rings is 2. The maximum atomic E-state index is 6.82. The van der Waals surface area contributed by atoms with Crippen molar-refractivity contribution >= 4 is 16.6 Å². The Hall–Kier alpha value is -1.17. The molecule has 2 aromatic rings. The molecule has 124 valence electrons. The highest BCUT2D eigenvalue weighted by Gasteiger charge is 2.33. The molecule has 0 aliphatic carbocycles. The lowest BCUT2D eigenvalue weighted by Gasteiger charge is -2.35. The maximum Gasteiger partial charge on any atom is 0.177 e. The smallest absolute Gasteiger partial charge is 0.177 e.